The van der Waals surface area contributed by atoms with Gasteiger partial charge in [0.25, 0.3) is 0 Å². The average Bonchev–Trinajstić information content (AvgIpc) is 2.97. The van der Waals surface area contributed by atoms with Crippen LogP contribution < -0.4 is 5.32 Å². The van der Waals surface area contributed by atoms with E-state index in [1.54, 1.807) is 0 Å². The summed E-state index contributed by atoms with van der Waals surface area (Å²) in [6, 6.07) is 12.0. The van der Waals surface area contributed by atoms with Crippen molar-refractivity contribution in [1.29, 1.82) is 0 Å². The van der Waals surface area contributed by atoms with E-state index in [1.165, 1.54) is 11.1 Å². The Bertz CT molecular complexity index is 673. The molecule has 2 aliphatic heterocycles. The van der Waals surface area contributed by atoms with E-state index in [0.717, 1.165) is 30.8 Å². The van der Waals surface area contributed by atoms with Crippen LogP contribution in [0.15, 0.2) is 42.6 Å². The number of benzene rings is 1. The fourth-order valence-corrected chi connectivity index (χ4v) is 3.22. The first-order chi connectivity index (χ1) is 10.3. The second-order valence-electron chi connectivity index (χ2n) is 5.68. The average molecular weight is 279 g/mol. The number of hydrogen-bond donors (Lipinski definition) is 1. The van der Waals surface area contributed by atoms with E-state index in [1.807, 2.05) is 35.4 Å². The summed E-state index contributed by atoms with van der Waals surface area (Å²) < 4.78 is 0. The Morgan fingerprint density at radius 1 is 1.19 bits per heavy atom. The van der Waals surface area contributed by atoms with Crippen molar-refractivity contribution in [2.24, 2.45) is 0 Å². The van der Waals surface area contributed by atoms with Crippen LogP contribution >= 0.6 is 0 Å². The normalized spacial score (nSPS) is 19.6. The molecule has 1 amide bonds. The van der Waals surface area contributed by atoms with Gasteiger partial charge in [0.1, 0.15) is 6.04 Å². The highest BCUT2D eigenvalue weighted by molar-refractivity contribution is 5.87. The summed E-state index contributed by atoms with van der Waals surface area (Å²) in [5.41, 5.74) is 4.63. The maximum atomic E-state index is 12.7. The third kappa shape index (κ3) is 2.17. The van der Waals surface area contributed by atoms with Crippen molar-refractivity contribution in [3.63, 3.8) is 0 Å². The number of pyridine rings is 1. The minimum Gasteiger partial charge on any atom is -0.373 e. The fraction of sp³-hybridized carbons (Fsp3) is 0.294. The lowest BCUT2D eigenvalue weighted by atomic mass is 10.0. The second kappa shape index (κ2) is 4.88. The summed E-state index contributed by atoms with van der Waals surface area (Å²) in [5, 5.41) is 3.35. The number of hydrogen-bond acceptors (Lipinski definition) is 3. The molecule has 0 spiro atoms. The van der Waals surface area contributed by atoms with Crippen LogP contribution in [0.4, 0.5) is 5.69 Å². The molecule has 2 aliphatic rings. The summed E-state index contributed by atoms with van der Waals surface area (Å²) in [4.78, 5) is 19.1. The van der Waals surface area contributed by atoms with Gasteiger partial charge < -0.3 is 10.2 Å². The molecule has 0 unspecified atom stereocenters. The molecule has 106 valence electrons. The number of rotatable bonds is 1. The molecule has 0 fully saturated rings. The molecule has 2 aromatic rings. The van der Waals surface area contributed by atoms with Gasteiger partial charge in [-0.3, -0.25) is 9.78 Å². The van der Waals surface area contributed by atoms with Crippen LogP contribution in [-0.4, -0.2) is 28.4 Å². The van der Waals surface area contributed by atoms with Gasteiger partial charge in [0, 0.05) is 43.5 Å². The SMILES string of the molecule is O=C([C@@H]1Cc2ccccc2N1)N1CCc2ncccc2C1. The van der Waals surface area contributed by atoms with Gasteiger partial charge in [-0.05, 0) is 23.3 Å². The third-order valence-corrected chi connectivity index (χ3v) is 4.35. The van der Waals surface area contributed by atoms with E-state index in [2.05, 4.69) is 22.4 Å². The van der Waals surface area contributed by atoms with E-state index in [9.17, 15) is 4.79 Å². The fourth-order valence-electron chi connectivity index (χ4n) is 3.22. The molecule has 1 atom stereocenters. The smallest absolute Gasteiger partial charge is 0.245 e. The molecule has 0 bridgehead atoms. The van der Waals surface area contributed by atoms with Gasteiger partial charge in [0.05, 0.1) is 0 Å². The summed E-state index contributed by atoms with van der Waals surface area (Å²) in [7, 11) is 0. The lowest BCUT2D eigenvalue weighted by molar-refractivity contribution is -0.132. The molecular formula is C17H17N3O. The van der Waals surface area contributed by atoms with Crippen molar-refractivity contribution in [3.05, 3.63) is 59.4 Å². The number of para-hydroxylation sites is 1. The van der Waals surface area contributed by atoms with Crippen molar-refractivity contribution in [3.8, 4) is 0 Å². The molecule has 1 N–H and O–H groups in total. The monoisotopic (exact) mass is 279 g/mol. The Balaban J connectivity index is 1.50. The molecule has 0 saturated heterocycles. The molecule has 0 radical (unpaired) electrons. The Morgan fingerprint density at radius 2 is 2.05 bits per heavy atom. The summed E-state index contributed by atoms with van der Waals surface area (Å²) in [6.07, 6.45) is 3.46. The van der Waals surface area contributed by atoms with Crippen LogP contribution in [-0.2, 0) is 24.2 Å². The maximum Gasteiger partial charge on any atom is 0.245 e. The summed E-state index contributed by atoms with van der Waals surface area (Å²) >= 11 is 0. The van der Waals surface area contributed by atoms with Crippen LogP contribution in [0.2, 0.25) is 0 Å². The molecule has 0 saturated carbocycles. The lowest BCUT2D eigenvalue weighted by Crippen LogP contribution is -2.44. The van der Waals surface area contributed by atoms with Crippen molar-refractivity contribution in [1.82, 2.24) is 9.88 Å². The Morgan fingerprint density at radius 3 is 2.95 bits per heavy atom. The summed E-state index contributed by atoms with van der Waals surface area (Å²) in [5.74, 6) is 0.195. The van der Waals surface area contributed by atoms with Gasteiger partial charge in [0.15, 0.2) is 0 Å². The zero-order chi connectivity index (χ0) is 14.2. The number of carbonyl (C=O) groups is 1. The van der Waals surface area contributed by atoms with Crippen LogP contribution in [0, 0.1) is 0 Å². The van der Waals surface area contributed by atoms with E-state index in [-0.39, 0.29) is 11.9 Å². The lowest BCUT2D eigenvalue weighted by Gasteiger charge is -2.30. The number of nitrogens with one attached hydrogen (secondary N) is 1. The molecule has 21 heavy (non-hydrogen) atoms. The zero-order valence-corrected chi connectivity index (χ0v) is 11.7. The number of carbonyl (C=O) groups excluding carboxylic acids is 1. The van der Waals surface area contributed by atoms with E-state index < -0.39 is 0 Å². The topological polar surface area (TPSA) is 45.2 Å². The van der Waals surface area contributed by atoms with E-state index in [0.29, 0.717) is 6.54 Å². The van der Waals surface area contributed by atoms with E-state index >= 15 is 0 Å². The molecule has 0 aliphatic carbocycles. The number of amides is 1. The van der Waals surface area contributed by atoms with Crippen LogP contribution in [0.5, 0.6) is 0 Å². The standard InChI is InChI=1S/C17H17N3O/c21-17(16-10-12-4-1-2-6-15(12)19-16)20-9-7-14-13(11-20)5-3-8-18-14/h1-6,8,16,19H,7,9-11H2/t16-/m0/s1. The van der Waals surface area contributed by atoms with Crippen LogP contribution in [0.3, 0.4) is 0 Å². The number of nitrogens with zero attached hydrogens (tertiary/aromatic N) is 2. The first-order valence-corrected chi connectivity index (χ1v) is 7.37. The maximum absolute atomic E-state index is 12.7. The van der Waals surface area contributed by atoms with Gasteiger partial charge in [0.2, 0.25) is 5.91 Å². The quantitative estimate of drug-likeness (QED) is 0.868. The van der Waals surface area contributed by atoms with Gasteiger partial charge in [-0.15, -0.1) is 0 Å². The summed E-state index contributed by atoms with van der Waals surface area (Å²) in [6.45, 7) is 1.44. The van der Waals surface area contributed by atoms with Crippen LogP contribution in [0.25, 0.3) is 0 Å². The molecule has 4 heteroatoms. The highest BCUT2D eigenvalue weighted by Gasteiger charge is 2.31. The van der Waals surface area contributed by atoms with Crippen molar-refractivity contribution in [2.75, 3.05) is 11.9 Å². The van der Waals surface area contributed by atoms with Gasteiger partial charge in [-0.2, -0.15) is 0 Å². The van der Waals surface area contributed by atoms with Gasteiger partial charge >= 0.3 is 0 Å². The van der Waals surface area contributed by atoms with E-state index in [4.69, 9.17) is 0 Å². The zero-order valence-electron chi connectivity index (χ0n) is 11.7. The molecule has 1 aromatic heterocycles. The third-order valence-electron chi connectivity index (χ3n) is 4.35. The minimum atomic E-state index is -0.124. The Hall–Kier alpha value is -2.36. The van der Waals surface area contributed by atoms with Crippen molar-refractivity contribution >= 4 is 11.6 Å². The highest BCUT2D eigenvalue weighted by Crippen LogP contribution is 2.27. The Kier molecular flexibility index (Phi) is 2.88. The molecule has 1 aromatic carbocycles. The first-order valence-electron chi connectivity index (χ1n) is 7.37. The van der Waals surface area contributed by atoms with Gasteiger partial charge in [-0.25, -0.2) is 0 Å². The van der Waals surface area contributed by atoms with Crippen molar-refractivity contribution in [2.45, 2.75) is 25.4 Å². The number of aromatic nitrogens is 1. The molecule has 3 heterocycles. The largest absolute Gasteiger partial charge is 0.373 e. The van der Waals surface area contributed by atoms with Crippen LogP contribution in [0.1, 0.15) is 16.8 Å². The molecule has 4 rings (SSSR count). The molecular weight excluding hydrogens is 262 g/mol. The number of anilines is 1. The molecule has 4 nitrogen and oxygen atoms in total. The highest BCUT2D eigenvalue weighted by atomic mass is 16.2. The number of fused-ring (bicyclic) bond motifs is 2. The predicted molar refractivity (Wildman–Crippen MR) is 80.9 cm³/mol. The second-order valence-corrected chi connectivity index (χ2v) is 5.68. The van der Waals surface area contributed by atoms with Crippen molar-refractivity contribution < 1.29 is 4.79 Å². The first kappa shape index (κ1) is 12.4. The minimum absolute atomic E-state index is 0.124. The Labute approximate surface area is 123 Å². The van der Waals surface area contributed by atoms with Gasteiger partial charge in [-0.1, -0.05) is 24.3 Å². The predicted octanol–water partition coefficient (Wildman–Crippen LogP) is 2.00.